The van der Waals surface area contributed by atoms with Gasteiger partial charge in [-0.05, 0) is 74.1 Å². The largest absolute Gasteiger partial charge is 0.482 e. The lowest BCUT2D eigenvalue weighted by Crippen LogP contribution is -2.36. The Morgan fingerprint density at radius 1 is 1.03 bits per heavy atom. The Bertz CT molecular complexity index is 1230. The van der Waals surface area contributed by atoms with Crippen molar-refractivity contribution in [3.8, 4) is 17.2 Å². The fourth-order valence-electron chi connectivity index (χ4n) is 5.60. The predicted molar refractivity (Wildman–Crippen MR) is 139 cm³/mol. The van der Waals surface area contributed by atoms with Crippen molar-refractivity contribution in [1.29, 1.82) is 0 Å². The van der Waals surface area contributed by atoms with E-state index >= 15 is 0 Å². The minimum atomic E-state index is -1.02. The third kappa shape index (κ3) is 5.17. The first kappa shape index (κ1) is 24.1. The molecule has 1 aliphatic carbocycles. The average Bonchev–Trinajstić information content (AvgIpc) is 3.06. The molecule has 5 heteroatoms. The van der Waals surface area contributed by atoms with E-state index in [1.807, 2.05) is 43.3 Å². The smallest absolute Gasteiger partial charge is 0.341 e. The van der Waals surface area contributed by atoms with Crippen LogP contribution >= 0.6 is 0 Å². The van der Waals surface area contributed by atoms with Gasteiger partial charge in [0.15, 0.2) is 6.61 Å². The quantitative estimate of drug-likeness (QED) is 0.363. The number of carbonyl (C=O) groups is 1. The number of ether oxygens (including phenoxy) is 3. The summed E-state index contributed by atoms with van der Waals surface area (Å²) in [5.74, 6) is 1.21. The molecule has 2 aliphatic rings. The van der Waals surface area contributed by atoms with E-state index in [9.17, 15) is 9.90 Å². The molecule has 0 amide bonds. The molecule has 0 bridgehead atoms. The molecule has 1 N–H and O–H groups in total. The molecule has 1 saturated heterocycles. The normalized spacial score (nSPS) is 23.0. The second-order valence-corrected chi connectivity index (χ2v) is 9.78. The molecule has 5 nitrogen and oxygen atoms in total. The Labute approximate surface area is 212 Å². The van der Waals surface area contributed by atoms with E-state index in [1.54, 1.807) is 12.1 Å². The zero-order valence-electron chi connectivity index (χ0n) is 20.6. The van der Waals surface area contributed by atoms with E-state index < -0.39 is 12.6 Å². The van der Waals surface area contributed by atoms with Gasteiger partial charge < -0.3 is 19.3 Å². The van der Waals surface area contributed by atoms with Crippen LogP contribution in [0, 0.1) is 5.92 Å². The number of hydrogen-bond donors (Lipinski definition) is 1. The van der Waals surface area contributed by atoms with Gasteiger partial charge in [0.1, 0.15) is 17.2 Å². The first-order chi connectivity index (χ1) is 17.5. The summed E-state index contributed by atoms with van der Waals surface area (Å²) in [4.78, 5) is 11.3. The van der Waals surface area contributed by atoms with Gasteiger partial charge in [0.2, 0.25) is 0 Å². The molecule has 1 heterocycles. The SMILES string of the molecule is C=C(C)[C@@H]1C[C@@H]2c3ccccc3CCC[C@@H]2O[C@@H]1c1cc(Oc2ccccc2)ccc1OCC(=O)O. The molecule has 0 saturated carbocycles. The number of carboxylic acids is 1. The monoisotopic (exact) mass is 484 g/mol. The third-order valence-corrected chi connectivity index (χ3v) is 7.28. The van der Waals surface area contributed by atoms with Crippen molar-refractivity contribution < 1.29 is 24.1 Å². The van der Waals surface area contributed by atoms with E-state index in [1.165, 1.54) is 11.1 Å². The fourth-order valence-corrected chi connectivity index (χ4v) is 5.60. The third-order valence-electron chi connectivity index (χ3n) is 7.28. The van der Waals surface area contributed by atoms with E-state index in [2.05, 4.69) is 30.8 Å². The lowest BCUT2D eigenvalue weighted by Gasteiger charge is -2.43. The Morgan fingerprint density at radius 2 is 1.81 bits per heavy atom. The average molecular weight is 485 g/mol. The molecule has 36 heavy (non-hydrogen) atoms. The van der Waals surface area contributed by atoms with Crippen molar-refractivity contribution >= 4 is 5.97 Å². The summed E-state index contributed by atoms with van der Waals surface area (Å²) in [6, 6.07) is 23.8. The number of aliphatic carboxylic acids is 1. The van der Waals surface area contributed by atoms with Gasteiger partial charge in [-0.25, -0.2) is 4.79 Å². The van der Waals surface area contributed by atoms with E-state index in [-0.39, 0.29) is 18.1 Å². The molecule has 3 aromatic carbocycles. The van der Waals surface area contributed by atoms with Crippen LogP contribution in [-0.2, 0) is 16.0 Å². The van der Waals surface area contributed by atoms with Crippen LogP contribution in [0.5, 0.6) is 17.2 Å². The number of hydrogen-bond acceptors (Lipinski definition) is 4. The van der Waals surface area contributed by atoms with Gasteiger partial charge in [-0.2, -0.15) is 0 Å². The van der Waals surface area contributed by atoms with Gasteiger partial charge in [0, 0.05) is 17.4 Å². The molecule has 1 fully saturated rings. The Hall–Kier alpha value is -3.57. The van der Waals surface area contributed by atoms with Crippen LogP contribution in [0.1, 0.15) is 54.9 Å². The first-order valence-corrected chi connectivity index (χ1v) is 12.6. The summed E-state index contributed by atoms with van der Waals surface area (Å²) in [5.41, 5.74) is 4.64. The Kier molecular flexibility index (Phi) is 7.10. The number of aryl methyl sites for hydroxylation is 1. The number of carboxylic acid groups (broad SMARTS) is 1. The van der Waals surface area contributed by atoms with Crippen LogP contribution in [0.15, 0.2) is 84.9 Å². The zero-order valence-corrected chi connectivity index (χ0v) is 20.6. The fraction of sp³-hybridized carbons (Fsp3) is 0.323. The van der Waals surface area contributed by atoms with Crippen LogP contribution in [0.2, 0.25) is 0 Å². The Morgan fingerprint density at radius 3 is 2.58 bits per heavy atom. The van der Waals surface area contributed by atoms with Gasteiger partial charge in [0.25, 0.3) is 0 Å². The van der Waals surface area contributed by atoms with Crippen LogP contribution in [0.25, 0.3) is 0 Å². The summed E-state index contributed by atoms with van der Waals surface area (Å²) in [7, 11) is 0. The molecule has 0 unspecified atom stereocenters. The summed E-state index contributed by atoms with van der Waals surface area (Å²) in [5, 5.41) is 9.25. The van der Waals surface area contributed by atoms with Crippen molar-refractivity contribution in [3.05, 3.63) is 102 Å². The molecule has 0 spiro atoms. The van der Waals surface area contributed by atoms with Crippen molar-refractivity contribution in [2.45, 2.75) is 50.7 Å². The summed E-state index contributed by atoms with van der Waals surface area (Å²) < 4.78 is 18.7. The van der Waals surface area contributed by atoms with Crippen molar-refractivity contribution in [3.63, 3.8) is 0 Å². The van der Waals surface area contributed by atoms with Gasteiger partial charge in [-0.3, -0.25) is 0 Å². The second-order valence-electron chi connectivity index (χ2n) is 9.78. The first-order valence-electron chi connectivity index (χ1n) is 12.6. The standard InChI is InChI=1S/C31H32O5/c1-20(2)25-18-26-24-13-7-6-9-21(24)10-8-14-29(26)36-31(25)27-17-23(35-22-11-4-3-5-12-22)15-16-28(27)34-19-30(32)33/h3-7,9,11-13,15-17,25-26,29,31H,1,8,10,14,18-19H2,2H3,(H,32,33)/t25-,26+,29-,31-/m0/s1. The molecule has 3 aromatic rings. The van der Waals surface area contributed by atoms with Crippen LogP contribution < -0.4 is 9.47 Å². The maximum atomic E-state index is 11.3. The highest BCUT2D eigenvalue weighted by molar-refractivity contribution is 5.68. The topological polar surface area (TPSA) is 65.0 Å². The summed E-state index contributed by atoms with van der Waals surface area (Å²) in [6.45, 7) is 5.95. The zero-order chi connectivity index (χ0) is 25.1. The van der Waals surface area contributed by atoms with Crippen LogP contribution in [0.4, 0.5) is 0 Å². The molecule has 5 rings (SSSR count). The molecular formula is C31H32O5. The minimum absolute atomic E-state index is 0.0524. The summed E-state index contributed by atoms with van der Waals surface area (Å²) >= 11 is 0. The number of fused-ring (bicyclic) bond motifs is 3. The van der Waals surface area contributed by atoms with Gasteiger partial charge in [0.05, 0.1) is 12.2 Å². The van der Waals surface area contributed by atoms with Crippen LogP contribution in [-0.4, -0.2) is 23.8 Å². The molecule has 0 aromatic heterocycles. The van der Waals surface area contributed by atoms with E-state index in [0.29, 0.717) is 17.4 Å². The minimum Gasteiger partial charge on any atom is -0.482 e. The summed E-state index contributed by atoms with van der Waals surface area (Å²) in [6.07, 6.45) is 3.79. The molecular weight excluding hydrogens is 452 g/mol. The second kappa shape index (κ2) is 10.6. The lowest BCUT2D eigenvalue weighted by atomic mass is 9.75. The van der Waals surface area contributed by atoms with Gasteiger partial charge in [-0.1, -0.05) is 54.6 Å². The molecule has 186 valence electrons. The molecule has 0 radical (unpaired) electrons. The van der Waals surface area contributed by atoms with Gasteiger partial charge >= 0.3 is 5.97 Å². The van der Waals surface area contributed by atoms with Crippen molar-refractivity contribution in [1.82, 2.24) is 0 Å². The number of para-hydroxylation sites is 1. The van der Waals surface area contributed by atoms with Crippen molar-refractivity contribution in [2.24, 2.45) is 5.92 Å². The van der Waals surface area contributed by atoms with E-state index in [4.69, 9.17) is 14.2 Å². The molecule has 1 aliphatic heterocycles. The maximum absolute atomic E-state index is 11.3. The van der Waals surface area contributed by atoms with E-state index in [0.717, 1.165) is 42.6 Å². The van der Waals surface area contributed by atoms with Gasteiger partial charge in [-0.15, -0.1) is 0 Å². The molecule has 4 atom stereocenters. The van der Waals surface area contributed by atoms with Crippen molar-refractivity contribution in [2.75, 3.05) is 6.61 Å². The highest BCUT2D eigenvalue weighted by atomic mass is 16.5. The Balaban J connectivity index is 1.52. The van der Waals surface area contributed by atoms with Crippen LogP contribution in [0.3, 0.4) is 0 Å². The number of rotatable bonds is 7. The highest BCUT2D eigenvalue weighted by Gasteiger charge is 2.42. The maximum Gasteiger partial charge on any atom is 0.341 e. The lowest BCUT2D eigenvalue weighted by molar-refractivity contribution is -0.139. The highest BCUT2D eigenvalue weighted by Crippen LogP contribution is 2.51. The number of benzene rings is 3. The predicted octanol–water partition coefficient (Wildman–Crippen LogP) is 7.08.